The van der Waals surface area contributed by atoms with Crippen molar-refractivity contribution in [3.05, 3.63) is 97.2 Å². The first kappa shape index (κ1) is 80.6. The van der Waals surface area contributed by atoms with Crippen LogP contribution in [0.25, 0.3) is 0 Å². The Morgan fingerprint density at radius 2 is 0.837 bits per heavy atom. The summed E-state index contributed by atoms with van der Waals surface area (Å²) in [7, 11) is 0. The van der Waals surface area contributed by atoms with Gasteiger partial charge in [0.2, 0.25) is 5.91 Å². The van der Waals surface area contributed by atoms with Crippen molar-refractivity contribution in [2.75, 3.05) is 13.2 Å². The van der Waals surface area contributed by atoms with Crippen LogP contribution in [0.2, 0.25) is 0 Å². The van der Waals surface area contributed by atoms with Gasteiger partial charge in [-0.1, -0.05) is 291 Å². The molecule has 11 nitrogen and oxygen atoms in total. The van der Waals surface area contributed by atoms with E-state index in [-0.39, 0.29) is 19.4 Å². The summed E-state index contributed by atoms with van der Waals surface area (Å²) in [4.78, 5) is 26.7. The van der Waals surface area contributed by atoms with Gasteiger partial charge < -0.3 is 45.1 Å². The number of rotatable bonds is 60. The Morgan fingerprint density at radius 1 is 0.465 bits per heavy atom. The highest BCUT2D eigenvalue weighted by molar-refractivity contribution is 5.80. The summed E-state index contributed by atoms with van der Waals surface area (Å²) < 4.78 is 17.7. The van der Waals surface area contributed by atoms with Crippen molar-refractivity contribution < 1.29 is 49.3 Å². The third-order valence-electron chi connectivity index (χ3n) is 16.2. The van der Waals surface area contributed by atoms with Crippen LogP contribution in [0.4, 0.5) is 0 Å². The summed E-state index contributed by atoms with van der Waals surface area (Å²) >= 11 is 0. The van der Waals surface area contributed by atoms with E-state index in [0.29, 0.717) is 12.8 Å². The molecule has 1 aliphatic rings. The number of esters is 1. The van der Waals surface area contributed by atoms with Gasteiger partial charge in [0, 0.05) is 6.42 Å². The second-order valence-corrected chi connectivity index (χ2v) is 24.2. The predicted octanol–water partition coefficient (Wildman–Crippen LogP) is 18.2. The number of carbonyl (C=O) groups is 2. The molecule has 0 radical (unpaired) electrons. The van der Waals surface area contributed by atoms with Gasteiger partial charge in [-0.3, -0.25) is 9.59 Å². The molecule has 0 aromatic heterocycles. The van der Waals surface area contributed by atoms with Crippen molar-refractivity contribution in [1.82, 2.24) is 5.32 Å². The smallest absolute Gasteiger partial charge is 0.306 e. The summed E-state index contributed by atoms with van der Waals surface area (Å²) in [5, 5.41) is 57.2. The fourth-order valence-electron chi connectivity index (χ4n) is 10.7. The Labute approximate surface area is 526 Å². The minimum absolute atomic E-state index is 0.102. The van der Waals surface area contributed by atoms with Gasteiger partial charge in [-0.25, -0.2) is 0 Å². The molecule has 86 heavy (non-hydrogen) atoms. The van der Waals surface area contributed by atoms with Gasteiger partial charge in [0.05, 0.1) is 25.4 Å². The molecule has 0 spiro atoms. The van der Waals surface area contributed by atoms with Crippen molar-refractivity contribution in [2.45, 2.75) is 352 Å². The number of hydrogen-bond acceptors (Lipinski definition) is 10. The topological polar surface area (TPSA) is 175 Å². The zero-order valence-corrected chi connectivity index (χ0v) is 55.2. The lowest BCUT2D eigenvalue weighted by Gasteiger charge is -2.41. The van der Waals surface area contributed by atoms with Crippen molar-refractivity contribution in [3.63, 3.8) is 0 Å². The summed E-state index contributed by atoms with van der Waals surface area (Å²) in [6.45, 7) is 5.69. The number of ether oxygens (including phenoxy) is 3. The molecule has 8 unspecified atom stereocenters. The molecule has 0 saturated carbocycles. The summed E-state index contributed by atoms with van der Waals surface area (Å²) in [5.41, 5.74) is 0. The maximum Gasteiger partial charge on any atom is 0.306 e. The van der Waals surface area contributed by atoms with Crippen LogP contribution in [0.3, 0.4) is 0 Å². The first-order chi connectivity index (χ1) is 42.2. The Hall–Kier alpha value is -3.42. The average Bonchev–Trinajstić information content (AvgIpc) is 3.39. The SMILES string of the molecule is CC/C=C\C/C=C\C/C=C\C/C=C\C/C=C\C/C=C\CCCCCCCCC(=O)OC1C(OCC(NC(=O)C(O)CCCCCCCCCCCC/C=C/CCCCCCCC)C(O)/C=C/CCCCCCCCCCCC)OC(CO)C(O)C1O. The van der Waals surface area contributed by atoms with Gasteiger partial charge in [0.25, 0.3) is 0 Å². The Morgan fingerprint density at radius 3 is 1.27 bits per heavy atom. The number of carbonyl (C=O) groups excluding carboxylic acids is 2. The normalized spacial score (nSPS) is 18.9. The van der Waals surface area contributed by atoms with E-state index in [1.54, 1.807) is 6.08 Å². The molecule has 1 aliphatic heterocycles. The van der Waals surface area contributed by atoms with Crippen LogP contribution in [0.5, 0.6) is 0 Å². The van der Waals surface area contributed by atoms with Crippen molar-refractivity contribution in [3.8, 4) is 0 Å². The zero-order valence-electron chi connectivity index (χ0n) is 55.2. The van der Waals surface area contributed by atoms with Crippen LogP contribution in [0, 0.1) is 0 Å². The molecule has 8 atom stereocenters. The van der Waals surface area contributed by atoms with Crippen LogP contribution < -0.4 is 5.32 Å². The maximum absolute atomic E-state index is 13.5. The van der Waals surface area contributed by atoms with Crippen LogP contribution >= 0.6 is 0 Å². The quantitative estimate of drug-likeness (QED) is 0.0195. The second kappa shape index (κ2) is 61.8. The maximum atomic E-state index is 13.5. The van der Waals surface area contributed by atoms with E-state index in [9.17, 15) is 35.1 Å². The van der Waals surface area contributed by atoms with E-state index in [2.05, 4.69) is 111 Å². The third-order valence-corrected chi connectivity index (χ3v) is 16.2. The summed E-state index contributed by atoms with van der Waals surface area (Å²) in [6, 6.07) is -1.03. The van der Waals surface area contributed by atoms with Gasteiger partial charge >= 0.3 is 5.97 Å². The second-order valence-electron chi connectivity index (χ2n) is 24.2. The van der Waals surface area contributed by atoms with Crippen molar-refractivity contribution in [2.24, 2.45) is 0 Å². The number of unbranched alkanes of at least 4 members (excludes halogenated alkanes) is 32. The van der Waals surface area contributed by atoms with Crippen LogP contribution in [0.1, 0.15) is 303 Å². The molecule has 11 heteroatoms. The largest absolute Gasteiger partial charge is 0.454 e. The lowest BCUT2D eigenvalue weighted by Crippen LogP contribution is -2.61. The number of allylic oxidation sites excluding steroid dienone is 15. The van der Waals surface area contributed by atoms with E-state index in [1.807, 2.05) is 6.08 Å². The Bertz CT molecular complexity index is 1770. The average molecular weight is 1210 g/mol. The van der Waals surface area contributed by atoms with Crippen LogP contribution in [-0.2, 0) is 23.8 Å². The Kier molecular flexibility index (Phi) is 57.9. The fourth-order valence-corrected chi connectivity index (χ4v) is 10.7. The molecule has 496 valence electrons. The van der Waals surface area contributed by atoms with E-state index >= 15 is 0 Å². The van der Waals surface area contributed by atoms with E-state index in [1.165, 1.54) is 141 Å². The molecule has 1 fully saturated rings. The van der Waals surface area contributed by atoms with Gasteiger partial charge in [0.1, 0.15) is 24.4 Å². The number of aliphatic hydroxyl groups is 5. The van der Waals surface area contributed by atoms with Crippen molar-refractivity contribution >= 4 is 11.9 Å². The Balaban J connectivity index is 2.60. The standard InChI is InChI=1S/C75H131NO10/c1-4-7-10-13-16-19-22-25-27-29-31-33-34-35-36-37-39-41-43-45-48-51-54-57-60-63-70(80)86-73-72(82)71(81)69(64-77)85-75(73)84-65-66(67(78)61-58-55-52-49-46-24-21-18-15-12-9-6-3)76-74(83)68(79)62-59-56-53-50-47-44-42-40-38-32-30-28-26-23-20-17-14-11-8-5-2/h7,10,16,19,25-28,31,33,35-36,39,41,58,61,66-69,71-73,75,77-79,81-82H,4-6,8-9,11-15,17-18,20-24,29-30,32,34,37-38,40,42-57,59-60,62-65H2,1-3H3,(H,76,83)/b10-7-,19-16-,27-25-,28-26+,33-31-,36-35-,41-39-,61-58+. The highest BCUT2D eigenvalue weighted by Crippen LogP contribution is 2.26. The first-order valence-corrected chi connectivity index (χ1v) is 35.5. The summed E-state index contributed by atoms with van der Waals surface area (Å²) in [6.07, 6.45) is 73.0. The molecule has 0 bridgehead atoms. The lowest BCUT2D eigenvalue weighted by atomic mass is 9.99. The predicted molar refractivity (Wildman–Crippen MR) is 361 cm³/mol. The van der Waals surface area contributed by atoms with Gasteiger partial charge in [-0.05, 0) is 103 Å². The first-order valence-electron chi connectivity index (χ1n) is 35.5. The fraction of sp³-hybridized carbons (Fsp3) is 0.760. The summed E-state index contributed by atoms with van der Waals surface area (Å²) in [5.74, 6) is -1.21. The van der Waals surface area contributed by atoms with E-state index < -0.39 is 67.4 Å². The molecule has 0 aliphatic carbocycles. The molecule has 0 aromatic carbocycles. The highest BCUT2D eigenvalue weighted by Gasteiger charge is 2.47. The van der Waals surface area contributed by atoms with Gasteiger partial charge in [-0.15, -0.1) is 0 Å². The number of amides is 1. The lowest BCUT2D eigenvalue weighted by molar-refractivity contribution is -0.305. The van der Waals surface area contributed by atoms with Crippen molar-refractivity contribution in [1.29, 1.82) is 0 Å². The van der Waals surface area contributed by atoms with E-state index in [4.69, 9.17) is 14.2 Å². The van der Waals surface area contributed by atoms with Gasteiger partial charge in [0.15, 0.2) is 12.4 Å². The molecular formula is C75H131NO10. The zero-order chi connectivity index (χ0) is 62.4. The number of nitrogens with one attached hydrogen (secondary N) is 1. The van der Waals surface area contributed by atoms with Crippen LogP contribution in [0.15, 0.2) is 97.2 Å². The minimum Gasteiger partial charge on any atom is -0.454 e. The molecule has 6 N–H and O–H groups in total. The molecule has 0 aromatic rings. The third kappa shape index (κ3) is 48.5. The molecule has 1 heterocycles. The highest BCUT2D eigenvalue weighted by atomic mass is 16.7. The minimum atomic E-state index is -1.63. The number of aliphatic hydroxyl groups excluding tert-OH is 5. The van der Waals surface area contributed by atoms with E-state index in [0.717, 1.165) is 116 Å². The molecule has 1 saturated heterocycles. The molecular weight excluding hydrogens is 1070 g/mol. The molecule has 1 amide bonds. The van der Waals surface area contributed by atoms with Gasteiger partial charge in [-0.2, -0.15) is 0 Å². The van der Waals surface area contributed by atoms with Crippen LogP contribution in [-0.4, -0.2) is 99.6 Å². The number of hydrogen-bond donors (Lipinski definition) is 6. The monoisotopic (exact) mass is 1210 g/mol. The molecule has 1 rings (SSSR count).